The van der Waals surface area contributed by atoms with E-state index in [1.54, 1.807) is 24.3 Å². The van der Waals surface area contributed by atoms with Crippen LogP contribution in [0.2, 0.25) is 0 Å². The number of nitrogens with zero attached hydrogens (tertiary/aromatic N) is 1. The first kappa shape index (κ1) is 13.7. The second-order valence-electron chi connectivity index (χ2n) is 4.52. The third kappa shape index (κ3) is 2.98. The number of hydrogen-bond acceptors (Lipinski definition) is 2. The molecule has 1 aromatic carbocycles. The molecule has 0 unspecified atom stereocenters. The van der Waals surface area contributed by atoms with Crippen molar-refractivity contribution in [2.45, 2.75) is 19.9 Å². The molecule has 2 rings (SSSR count). The number of para-hydroxylation sites is 2. The second-order valence-corrected chi connectivity index (χ2v) is 5.43. The summed E-state index contributed by atoms with van der Waals surface area (Å²) in [7, 11) is 0. The van der Waals surface area contributed by atoms with E-state index in [2.05, 4.69) is 21.2 Å². The number of hydrogen-bond donors (Lipinski definition) is 2. The molecule has 0 fully saturated rings. The van der Waals surface area contributed by atoms with Crippen molar-refractivity contribution in [1.29, 1.82) is 0 Å². The lowest BCUT2D eigenvalue weighted by atomic mass is 10.2. The van der Waals surface area contributed by atoms with Gasteiger partial charge in [-0.2, -0.15) is 0 Å². The van der Waals surface area contributed by atoms with E-state index >= 15 is 0 Å². The van der Waals surface area contributed by atoms with Crippen LogP contribution in [-0.4, -0.2) is 15.6 Å². The Morgan fingerprint density at radius 2 is 2.05 bits per heavy atom. The van der Waals surface area contributed by atoms with Gasteiger partial charge in [-0.3, -0.25) is 4.79 Å². The van der Waals surface area contributed by atoms with Gasteiger partial charge < -0.3 is 15.0 Å². The molecule has 5 heteroatoms. The van der Waals surface area contributed by atoms with E-state index in [0.717, 1.165) is 4.47 Å². The highest BCUT2D eigenvalue weighted by Gasteiger charge is 2.16. The number of amides is 1. The van der Waals surface area contributed by atoms with Crippen LogP contribution in [0, 0.1) is 0 Å². The molecule has 2 aromatic rings. The zero-order chi connectivity index (χ0) is 14.0. The highest BCUT2D eigenvalue weighted by molar-refractivity contribution is 9.10. The lowest BCUT2D eigenvalue weighted by Gasteiger charge is -2.13. The van der Waals surface area contributed by atoms with Gasteiger partial charge >= 0.3 is 0 Å². The maximum Gasteiger partial charge on any atom is 0.272 e. The third-order valence-electron chi connectivity index (χ3n) is 2.76. The van der Waals surface area contributed by atoms with Gasteiger partial charge in [-0.15, -0.1) is 0 Å². The maximum absolute atomic E-state index is 12.2. The summed E-state index contributed by atoms with van der Waals surface area (Å²) in [6.07, 6.45) is 1.87. The normalized spacial score (nSPS) is 10.7. The SMILES string of the molecule is CC(C)n1cc(Br)cc1C(=O)Nc1ccccc1O. The largest absolute Gasteiger partial charge is 0.506 e. The van der Waals surface area contributed by atoms with Crippen molar-refractivity contribution >= 4 is 27.5 Å². The number of benzene rings is 1. The molecule has 0 aliphatic carbocycles. The molecule has 1 heterocycles. The fraction of sp³-hybridized carbons (Fsp3) is 0.214. The zero-order valence-electron chi connectivity index (χ0n) is 10.7. The molecule has 0 saturated carbocycles. The smallest absolute Gasteiger partial charge is 0.272 e. The van der Waals surface area contributed by atoms with Gasteiger partial charge in [-0.1, -0.05) is 12.1 Å². The Hall–Kier alpha value is -1.75. The van der Waals surface area contributed by atoms with Crippen LogP contribution < -0.4 is 5.32 Å². The van der Waals surface area contributed by atoms with Crippen molar-refractivity contribution in [2.75, 3.05) is 5.32 Å². The van der Waals surface area contributed by atoms with Crippen LogP contribution in [0.3, 0.4) is 0 Å². The van der Waals surface area contributed by atoms with Gasteiger partial charge in [-0.25, -0.2) is 0 Å². The topological polar surface area (TPSA) is 54.3 Å². The average Bonchev–Trinajstić information content (AvgIpc) is 2.74. The molecule has 0 saturated heterocycles. The number of nitrogens with one attached hydrogen (secondary N) is 1. The van der Waals surface area contributed by atoms with Crippen LogP contribution in [-0.2, 0) is 0 Å². The Kier molecular flexibility index (Phi) is 3.95. The monoisotopic (exact) mass is 322 g/mol. The van der Waals surface area contributed by atoms with E-state index in [4.69, 9.17) is 0 Å². The van der Waals surface area contributed by atoms with Crippen molar-refractivity contribution in [2.24, 2.45) is 0 Å². The van der Waals surface area contributed by atoms with Gasteiger partial charge in [0.05, 0.1) is 5.69 Å². The van der Waals surface area contributed by atoms with E-state index in [9.17, 15) is 9.90 Å². The maximum atomic E-state index is 12.2. The van der Waals surface area contributed by atoms with E-state index in [-0.39, 0.29) is 17.7 Å². The zero-order valence-corrected chi connectivity index (χ0v) is 12.3. The molecule has 2 N–H and O–H groups in total. The number of carbonyl (C=O) groups is 1. The molecule has 1 aromatic heterocycles. The fourth-order valence-electron chi connectivity index (χ4n) is 1.82. The number of rotatable bonds is 3. The molecule has 0 aliphatic heterocycles. The molecule has 0 radical (unpaired) electrons. The van der Waals surface area contributed by atoms with Gasteiger partial charge in [0.25, 0.3) is 5.91 Å². The molecule has 100 valence electrons. The minimum absolute atomic E-state index is 0.0533. The molecule has 19 heavy (non-hydrogen) atoms. The first-order valence-electron chi connectivity index (χ1n) is 5.95. The fourth-order valence-corrected chi connectivity index (χ4v) is 2.26. The molecule has 4 nitrogen and oxygen atoms in total. The summed E-state index contributed by atoms with van der Waals surface area (Å²) in [4.78, 5) is 12.2. The highest BCUT2D eigenvalue weighted by atomic mass is 79.9. The average molecular weight is 323 g/mol. The third-order valence-corrected chi connectivity index (χ3v) is 3.19. The van der Waals surface area contributed by atoms with Gasteiger partial charge in [0, 0.05) is 16.7 Å². The summed E-state index contributed by atoms with van der Waals surface area (Å²) in [6.45, 7) is 4.01. The van der Waals surface area contributed by atoms with Crippen molar-refractivity contribution < 1.29 is 9.90 Å². The summed E-state index contributed by atoms with van der Waals surface area (Å²) in [5.41, 5.74) is 0.949. The minimum Gasteiger partial charge on any atom is -0.506 e. The standard InChI is InChI=1S/C14H15BrN2O2/c1-9(2)17-8-10(15)7-12(17)14(19)16-11-5-3-4-6-13(11)18/h3-9,18H,1-2H3,(H,16,19). The predicted molar refractivity (Wildman–Crippen MR) is 78.6 cm³/mol. The van der Waals surface area contributed by atoms with Crippen LogP contribution in [0.1, 0.15) is 30.4 Å². The van der Waals surface area contributed by atoms with Gasteiger partial charge in [0.1, 0.15) is 11.4 Å². The second kappa shape index (κ2) is 5.48. The lowest BCUT2D eigenvalue weighted by Crippen LogP contribution is -2.17. The Balaban J connectivity index is 2.28. The highest BCUT2D eigenvalue weighted by Crippen LogP contribution is 2.24. The van der Waals surface area contributed by atoms with E-state index in [1.165, 1.54) is 6.07 Å². The minimum atomic E-state index is -0.249. The Bertz CT molecular complexity index is 605. The van der Waals surface area contributed by atoms with Crippen LogP contribution in [0.25, 0.3) is 0 Å². The van der Waals surface area contributed by atoms with Crippen molar-refractivity contribution in [3.8, 4) is 5.75 Å². The Morgan fingerprint density at radius 1 is 1.37 bits per heavy atom. The van der Waals surface area contributed by atoms with Gasteiger partial charge in [0.15, 0.2) is 0 Å². The van der Waals surface area contributed by atoms with Crippen molar-refractivity contribution in [3.05, 3.63) is 46.7 Å². The van der Waals surface area contributed by atoms with E-state index in [0.29, 0.717) is 11.4 Å². The number of carbonyl (C=O) groups excluding carboxylic acids is 1. The van der Waals surface area contributed by atoms with Crippen molar-refractivity contribution in [3.63, 3.8) is 0 Å². The summed E-state index contributed by atoms with van der Waals surface area (Å²) in [5, 5.41) is 12.4. The lowest BCUT2D eigenvalue weighted by molar-refractivity contribution is 0.101. The molecular formula is C14H15BrN2O2. The van der Waals surface area contributed by atoms with E-state index < -0.39 is 0 Å². The van der Waals surface area contributed by atoms with Crippen LogP contribution in [0.4, 0.5) is 5.69 Å². The summed E-state index contributed by atoms with van der Waals surface area (Å²) < 4.78 is 2.72. The summed E-state index contributed by atoms with van der Waals surface area (Å²) in [5.74, 6) is -0.196. The Labute approximate surface area is 120 Å². The molecule has 1 amide bonds. The van der Waals surface area contributed by atoms with Crippen LogP contribution >= 0.6 is 15.9 Å². The Morgan fingerprint density at radius 3 is 2.68 bits per heavy atom. The first-order valence-corrected chi connectivity index (χ1v) is 6.75. The van der Waals surface area contributed by atoms with Gasteiger partial charge in [0.2, 0.25) is 0 Å². The van der Waals surface area contributed by atoms with E-state index in [1.807, 2.05) is 24.6 Å². The quantitative estimate of drug-likeness (QED) is 0.845. The summed E-state index contributed by atoms with van der Waals surface area (Å²) >= 11 is 3.37. The number of anilines is 1. The van der Waals surface area contributed by atoms with Crippen LogP contribution in [0.5, 0.6) is 5.75 Å². The molecule has 0 aliphatic rings. The number of phenolic OH excluding ortho intramolecular Hbond substituents is 1. The summed E-state index contributed by atoms with van der Waals surface area (Å²) in [6, 6.07) is 8.59. The first-order chi connectivity index (χ1) is 8.99. The molecule has 0 spiro atoms. The number of phenols is 1. The van der Waals surface area contributed by atoms with Crippen molar-refractivity contribution in [1.82, 2.24) is 4.57 Å². The molecule has 0 atom stereocenters. The molecule has 0 bridgehead atoms. The molecular weight excluding hydrogens is 308 g/mol. The number of aromatic hydroxyl groups is 1. The van der Waals surface area contributed by atoms with Gasteiger partial charge in [-0.05, 0) is 48.0 Å². The van der Waals surface area contributed by atoms with Crippen LogP contribution in [0.15, 0.2) is 41.0 Å². The number of aromatic nitrogens is 1. The number of halogens is 1. The predicted octanol–water partition coefficient (Wildman–Crippen LogP) is 3.79.